The van der Waals surface area contributed by atoms with Gasteiger partial charge in [0.15, 0.2) is 5.69 Å². The zero-order valence-electron chi connectivity index (χ0n) is 10.1. The van der Waals surface area contributed by atoms with E-state index in [1.165, 1.54) is 19.5 Å². The Balaban J connectivity index is 2.23. The molecule has 2 rings (SSSR count). The Hall–Kier alpha value is -2.94. The van der Waals surface area contributed by atoms with E-state index < -0.39 is 5.97 Å². The fourth-order valence-electron chi connectivity index (χ4n) is 1.44. The van der Waals surface area contributed by atoms with E-state index in [2.05, 4.69) is 20.0 Å². The van der Waals surface area contributed by atoms with Crippen LogP contribution in [0.1, 0.15) is 16.1 Å². The molecule has 0 bridgehead atoms. The van der Waals surface area contributed by atoms with Crippen molar-refractivity contribution in [2.24, 2.45) is 0 Å². The van der Waals surface area contributed by atoms with Gasteiger partial charge in [0.05, 0.1) is 31.1 Å². The summed E-state index contributed by atoms with van der Waals surface area (Å²) in [6.07, 6.45) is 2.80. The smallest absolute Gasteiger partial charge is 0.358 e. The molecule has 0 spiro atoms. The lowest BCUT2D eigenvalue weighted by Crippen LogP contribution is -2.06. The number of ether oxygens (including phenoxy) is 1. The molecule has 2 aromatic rings. The van der Waals surface area contributed by atoms with Crippen LogP contribution in [0.15, 0.2) is 36.7 Å². The van der Waals surface area contributed by atoms with Crippen LogP contribution in [0.5, 0.6) is 0 Å². The van der Waals surface area contributed by atoms with E-state index >= 15 is 0 Å². The average molecular weight is 254 g/mol. The number of anilines is 2. The number of hydrogen-bond acceptors (Lipinski definition) is 6. The van der Waals surface area contributed by atoms with Crippen LogP contribution in [0.2, 0.25) is 0 Å². The largest absolute Gasteiger partial charge is 0.464 e. The maximum absolute atomic E-state index is 11.3. The summed E-state index contributed by atoms with van der Waals surface area (Å²) >= 11 is 0. The third kappa shape index (κ3) is 3.04. The highest BCUT2D eigenvalue weighted by atomic mass is 16.5. The number of benzene rings is 1. The van der Waals surface area contributed by atoms with Gasteiger partial charge in [-0.2, -0.15) is 5.26 Å². The third-order valence-electron chi connectivity index (χ3n) is 2.29. The molecule has 0 atom stereocenters. The van der Waals surface area contributed by atoms with Crippen molar-refractivity contribution in [1.82, 2.24) is 9.97 Å². The second-order valence-corrected chi connectivity index (χ2v) is 3.60. The molecule has 0 saturated carbocycles. The van der Waals surface area contributed by atoms with Crippen molar-refractivity contribution in [1.29, 1.82) is 5.26 Å². The molecule has 6 nitrogen and oxygen atoms in total. The summed E-state index contributed by atoms with van der Waals surface area (Å²) in [5, 5.41) is 11.8. The number of esters is 1. The third-order valence-corrected chi connectivity index (χ3v) is 2.29. The first kappa shape index (κ1) is 12.5. The number of methoxy groups -OCH3 is 1. The van der Waals surface area contributed by atoms with Crippen LogP contribution in [0, 0.1) is 11.3 Å². The van der Waals surface area contributed by atoms with Gasteiger partial charge in [-0.3, -0.25) is 4.98 Å². The number of carbonyl (C=O) groups excluding carboxylic acids is 1. The van der Waals surface area contributed by atoms with Crippen molar-refractivity contribution in [3.05, 3.63) is 47.9 Å². The number of rotatable bonds is 3. The van der Waals surface area contributed by atoms with Crippen LogP contribution in [0.4, 0.5) is 11.5 Å². The molecule has 0 radical (unpaired) electrons. The minimum Gasteiger partial charge on any atom is -0.464 e. The van der Waals surface area contributed by atoms with Crippen LogP contribution in [-0.2, 0) is 4.74 Å². The number of nitrogens with one attached hydrogen (secondary N) is 1. The van der Waals surface area contributed by atoms with Gasteiger partial charge < -0.3 is 10.1 Å². The summed E-state index contributed by atoms with van der Waals surface area (Å²) < 4.78 is 4.57. The minimum absolute atomic E-state index is 0.115. The first-order valence-electron chi connectivity index (χ1n) is 5.40. The molecular formula is C13H10N4O2. The zero-order chi connectivity index (χ0) is 13.7. The van der Waals surface area contributed by atoms with E-state index in [0.717, 1.165) is 0 Å². The molecule has 1 heterocycles. The monoisotopic (exact) mass is 254 g/mol. The zero-order valence-corrected chi connectivity index (χ0v) is 10.1. The van der Waals surface area contributed by atoms with Crippen molar-refractivity contribution in [2.45, 2.75) is 0 Å². The first-order chi connectivity index (χ1) is 9.22. The van der Waals surface area contributed by atoms with Crippen LogP contribution in [0.25, 0.3) is 0 Å². The van der Waals surface area contributed by atoms with E-state index in [-0.39, 0.29) is 5.69 Å². The molecular weight excluding hydrogens is 244 g/mol. The Morgan fingerprint density at radius 1 is 1.42 bits per heavy atom. The predicted molar refractivity (Wildman–Crippen MR) is 67.8 cm³/mol. The lowest BCUT2D eigenvalue weighted by Gasteiger charge is -2.06. The van der Waals surface area contributed by atoms with Gasteiger partial charge in [-0.15, -0.1) is 0 Å². The predicted octanol–water partition coefficient (Wildman–Crippen LogP) is 1.88. The van der Waals surface area contributed by atoms with Crippen molar-refractivity contribution >= 4 is 17.5 Å². The molecule has 0 aliphatic rings. The van der Waals surface area contributed by atoms with Crippen molar-refractivity contribution in [2.75, 3.05) is 12.4 Å². The molecule has 1 aromatic heterocycles. The second-order valence-electron chi connectivity index (χ2n) is 3.60. The van der Waals surface area contributed by atoms with Gasteiger partial charge in [0.25, 0.3) is 0 Å². The molecule has 1 N–H and O–H groups in total. The van der Waals surface area contributed by atoms with E-state index in [1.54, 1.807) is 24.3 Å². The Morgan fingerprint density at radius 3 is 3.00 bits per heavy atom. The molecule has 19 heavy (non-hydrogen) atoms. The molecule has 0 fully saturated rings. The van der Waals surface area contributed by atoms with Crippen molar-refractivity contribution in [3.63, 3.8) is 0 Å². The first-order valence-corrected chi connectivity index (χ1v) is 5.40. The highest BCUT2D eigenvalue weighted by molar-refractivity contribution is 5.87. The van der Waals surface area contributed by atoms with Crippen LogP contribution in [0.3, 0.4) is 0 Å². The number of hydrogen-bond donors (Lipinski definition) is 1. The Bertz CT molecular complexity index is 649. The Kier molecular flexibility index (Phi) is 3.69. The SMILES string of the molecule is COC(=O)c1cncc(Nc2cccc(C#N)c2)n1. The molecule has 0 amide bonds. The molecule has 1 aromatic carbocycles. The van der Waals surface area contributed by atoms with Gasteiger partial charge in [-0.1, -0.05) is 6.07 Å². The highest BCUT2D eigenvalue weighted by Crippen LogP contribution is 2.15. The summed E-state index contributed by atoms with van der Waals surface area (Å²) in [6, 6.07) is 8.94. The van der Waals surface area contributed by atoms with Gasteiger partial charge in [-0.25, -0.2) is 9.78 Å². The van der Waals surface area contributed by atoms with E-state index in [0.29, 0.717) is 17.1 Å². The van der Waals surface area contributed by atoms with E-state index in [1.807, 2.05) is 6.07 Å². The topological polar surface area (TPSA) is 87.9 Å². The number of aromatic nitrogens is 2. The number of nitrogens with zero attached hydrogens (tertiary/aromatic N) is 3. The summed E-state index contributed by atoms with van der Waals surface area (Å²) in [5.74, 6) is -0.153. The fourth-order valence-corrected chi connectivity index (χ4v) is 1.44. The quantitative estimate of drug-likeness (QED) is 0.841. The minimum atomic E-state index is -0.554. The van der Waals surface area contributed by atoms with Gasteiger partial charge in [0, 0.05) is 5.69 Å². The Labute approximate surface area is 109 Å². The van der Waals surface area contributed by atoms with E-state index in [9.17, 15) is 4.79 Å². The fraction of sp³-hybridized carbons (Fsp3) is 0.0769. The maximum Gasteiger partial charge on any atom is 0.358 e. The van der Waals surface area contributed by atoms with Crippen molar-refractivity contribution < 1.29 is 9.53 Å². The van der Waals surface area contributed by atoms with Gasteiger partial charge in [0.2, 0.25) is 0 Å². The summed E-state index contributed by atoms with van der Waals surface area (Å²) in [5.41, 5.74) is 1.33. The number of carbonyl (C=O) groups is 1. The maximum atomic E-state index is 11.3. The Morgan fingerprint density at radius 2 is 2.26 bits per heavy atom. The normalized spacial score (nSPS) is 9.47. The molecule has 0 aliphatic carbocycles. The average Bonchev–Trinajstić information content (AvgIpc) is 2.47. The standard InChI is InChI=1S/C13H10N4O2/c1-19-13(18)11-7-15-8-12(17-11)16-10-4-2-3-9(5-10)6-14/h2-5,7-8H,1H3,(H,16,17). The van der Waals surface area contributed by atoms with Gasteiger partial charge in [0.1, 0.15) is 5.82 Å². The number of nitriles is 1. The van der Waals surface area contributed by atoms with Crippen LogP contribution < -0.4 is 5.32 Å². The van der Waals surface area contributed by atoms with Gasteiger partial charge >= 0.3 is 5.97 Å². The lowest BCUT2D eigenvalue weighted by atomic mass is 10.2. The van der Waals surface area contributed by atoms with Crippen LogP contribution >= 0.6 is 0 Å². The second kappa shape index (κ2) is 5.60. The molecule has 0 saturated heterocycles. The van der Waals surface area contributed by atoms with E-state index in [4.69, 9.17) is 5.26 Å². The van der Waals surface area contributed by atoms with Gasteiger partial charge in [-0.05, 0) is 18.2 Å². The molecule has 94 valence electrons. The molecule has 0 aliphatic heterocycles. The van der Waals surface area contributed by atoms with Crippen molar-refractivity contribution in [3.8, 4) is 6.07 Å². The molecule has 6 heteroatoms. The summed E-state index contributed by atoms with van der Waals surface area (Å²) in [7, 11) is 1.28. The lowest BCUT2D eigenvalue weighted by molar-refractivity contribution is 0.0593. The summed E-state index contributed by atoms with van der Waals surface area (Å²) in [4.78, 5) is 19.3. The molecule has 0 unspecified atom stereocenters. The highest BCUT2D eigenvalue weighted by Gasteiger charge is 2.08. The van der Waals surface area contributed by atoms with Crippen LogP contribution in [-0.4, -0.2) is 23.0 Å². The summed E-state index contributed by atoms with van der Waals surface area (Å²) in [6.45, 7) is 0.